The Morgan fingerprint density at radius 3 is 2.25 bits per heavy atom. The van der Waals surface area contributed by atoms with Gasteiger partial charge >= 0.3 is 6.18 Å². The topological polar surface area (TPSA) is 47.3 Å². The molecule has 1 atom stereocenters. The van der Waals surface area contributed by atoms with Gasteiger partial charge in [-0.2, -0.15) is 18.4 Å². The highest BCUT2D eigenvalue weighted by atomic mass is 19.4. The zero-order valence-electron chi connectivity index (χ0n) is 17.8. The van der Waals surface area contributed by atoms with Crippen LogP contribution in [-0.2, 0) is 11.0 Å². The molecule has 32 heavy (non-hydrogen) atoms. The maximum Gasteiger partial charge on any atom is 0.417 e. The molecule has 0 spiro atoms. The average Bonchev–Trinajstić information content (AvgIpc) is 3.29. The molecular formula is C25H26F3N3O. The number of aldehydes is 1. The molecule has 0 aliphatic carbocycles. The van der Waals surface area contributed by atoms with Crippen molar-refractivity contribution in [3.8, 4) is 6.07 Å². The monoisotopic (exact) mass is 441 g/mol. The highest BCUT2D eigenvalue weighted by molar-refractivity contribution is 5.56. The third kappa shape index (κ3) is 4.74. The Bertz CT molecular complexity index is 989. The first-order valence-electron chi connectivity index (χ1n) is 11.0. The fourth-order valence-electron chi connectivity index (χ4n) is 4.85. The van der Waals surface area contributed by atoms with Crippen LogP contribution in [0.2, 0.25) is 0 Å². The van der Waals surface area contributed by atoms with E-state index >= 15 is 0 Å². The number of carbonyl (C=O) groups excluding carboxylic acids is 1. The third-order valence-corrected chi connectivity index (χ3v) is 6.76. The Labute approximate surface area is 186 Å². The van der Waals surface area contributed by atoms with Gasteiger partial charge in [0.25, 0.3) is 0 Å². The molecule has 4 rings (SSSR count). The Morgan fingerprint density at radius 2 is 1.62 bits per heavy atom. The van der Waals surface area contributed by atoms with Gasteiger partial charge in [-0.05, 0) is 61.1 Å². The fraction of sp³-hybridized carbons (Fsp3) is 0.440. The molecule has 0 unspecified atom stereocenters. The summed E-state index contributed by atoms with van der Waals surface area (Å²) in [6.45, 7) is 3.24. The van der Waals surface area contributed by atoms with Gasteiger partial charge in [-0.25, -0.2) is 0 Å². The lowest BCUT2D eigenvalue weighted by molar-refractivity contribution is -0.137. The Kier molecular flexibility index (Phi) is 6.40. The number of nitriles is 1. The zero-order chi connectivity index (χ0) is 22.7. The minimum absolute atomic E-state index is 0.257. The number of rotatable bonds is 5. The Morgan fingerprint density at radius 1 is 0.969 bits per heavy atom. The standard InChI is InChI=1S/C25H26F3N3O/c26-25(27,28)24-15-23(6-3-20(24)16-29)31-13-9-21(17-31)19-1-4-22(5-2-19)30-11-7-18(8-12-30)10-14-32/h1-6,14-15,18,21H,7-13,17H2/t21-/m0/s1. The second kappa shape index (κ2) is 9.23. The van der Waals surface area contributed by atoms with Crippen molar-refractivity contribution >= 4 is 17.7 Å². The number of hydrogen-bond acceptors (Lipinski definition) is 4. The summed E-state index contributed by atoms with van der Waals surface area (Å²) in [5, 5.41) is 9.00. The number of benzene rings is 2. The first-order chi connectivity index (χ1) is 15.4. The van der Waals surface area contributed by atoms with Gasteiger partial charge in [-0.3, -0.25) is 0 Å². The molecule has 4 nitrogen and oxygen atoms in total. The van der Waals surface area contributed by atoms with Gasteiger partial charge in [0.05, 0.1) is 17.2 Å². The van der Waals surface area contributed by atoms with Crippen molar-refractivity contribution in [3.05, 3.63) is 59.2 Å². The molecule has 2 saturated heterocycles. The van der Waals surface area contributed by atoms with Gasteiger partial charge < -0.3 is 14.6 Å². The normalized spacial score (nSPS) is 19.8. The average molecular weight is 441 g/mol. The van der Waals surface area contributed by atoms with Crippen LogP contribution >= 0.6 is 0 Å². The predicted molar refractivity (Wildman–Crippen MR) is 118 cm³/mol. The summed E-state index contributed by atoms with van der Waals surface area (Å²) in [5.41, 5.74) is 1.66. The maximum absolute atomic E-state index is 13.3. The van der Waals surface area contributed by atoms with Gasteiger partial charge in [0.2, 0.25) is 0 Å². The van der Waals surface area contributed by atoms with Gasteiger partial charge in [-0.1, -0.05) is 12.1 Å². The lowest BCUT2D eigenvalue weighted by Crippen LogP contribution is -2.33. The van der Waals surface area contributed by atoms with Crippen LogP contribution < -0.4 is 9.80 Å². The largest absolute Gasteiger partial charge is 0.417 e. The summed E-state index contributed by atoms with van der Waals surface area (Å²) in [4.78, 5) is 15.0. The van der Waals surface area contributed by atoms with Crippen molar-refractivity contribution in [3.63, 3.8) is 0 Å². The van der Waals surface area contributed by atoms with Gasteiger partial charge in [-0.15, -0.1) is 0 Å². The van der Waals surface area contributed by atoms with E-state index in [-0.39, 0.29) is 11.5 Å². The molecule has 0 radical (unpaired) electrons. The van der Waals surface area contributed by atoms with E-state index in [0.29, 0.717) is 31.1 Å². The Hall–Kier alpha value is -3.01. The van der Waals surface area contributed by atoms with Crippen LogP contribution in [0.15, 0.2) is 42.5 Å². The highest BCUT2D eigenvalue weighted by Gasteiger charge is 2.35. The van der Waals surface area contributed by atoms with Crippen LogP contribution in [0.1, 0.15) is 48.3 Å². The first-order valence-corrected chi connectivity index (χ1v) is 11.0. The van der Waals surface area contributed by atoms with E-state index < -0.39 is 11.7 Å². The zero-order valence-corrected chi connectivity index (χ0v) is 17.8. The maximum atomic E-state index is 13.3. The predicted octanol–water partition coefficient (Wildman–Crippen LogP) is 5.38. The molecule has 0 amide bonds. The lowest BCUT2D eigenvalue weighted by atomic mass is 9.93. The number of piperidine rings is 1. The number of carbonyl (C=O) groups is 1. The number of nitrogens with zero attached hydrogens (tertiary/aromatic N) is 3. The van der Waals surface area contributed by atoms with Crippen molar-refractivity contribution in [1.29, 1.82) is 5.26 Å². The van der Waals surface area contributed by atoms with Crippen LogP contribution in [0.5, 0.6) is 0 Å². The molecule has 2 aromatic rings. The molecule has 2 heterocycles. The van der Waals surface area contributed by atoms with E-state index in [4.69, 9.17) is 5.26 Å². The number of hydrogen-bond donors (Lipinski definition) is 0. The molecule has 2 aliphatic heterocycles. The smallest absolute Gasteiger partial charge is 0.372 e. The van der Waals surface area contributed by atoms with Crippen LogP contribution in [0.3, 0.4) is 0 Å². The van der Waals surface area contributed by atoms with Crippen LogP contribution in [0.25, 0.3) is 0 Å². The van der Waals surface area contributed by atoms with Gasteiger partial charge in [0, 0.05) is 49.9 Å². The summed E-state index contributed by atoms with van der Waals surface area (Å²) in [7, 11) is 0. The van der Waals surface area contributed by atoms with Crippen molar-refractivity contribution in [2.24, 2.45) is 5.92 Å². The Balaban J connectivity index is 1.41. The summed E-state index contributed by atoms with van der Waals surface area (Å²) < 4.78 is 39.9. The first kappa shape index (κ1) is 22.2. The van der Waals surface area contributed by atoms with E-state index in [1.54, 1.807) is 12.1 Å². The van der Waals surface area contributed by atoms with Crippen LogP contribution in [0.4, 0.5) is 24.5 Å². The summed E-state index contributed by atoms with van der Waals surface area (Å²) in [6.07, 6.45) is 0.0528. The van der Waals surface area contributed by atoms with E-state index in [1.165, 1.54) is 17.3 Å². The summed E-state index contributed by atoms with van der Waals surface area (Å²) in [6, 6.07) is 14.1. The molecule has 7 heteroatoms. The fourth-order valence-corrected chi connectivity index (χ4v) is 4.85. The van der Waals surface area contributed by atoms with E-state index in [0.717, 1.165) is 44.7 Å². The van der Waals surface area contributed by atoms with Crippen molar-refractivity contribution in [2.75, 3.05) is 36.0 Å². The molecular weight excluding hydrogens is 415 g/mol. The third-order valence-electron chi connectivity index (χ3n) is 6.76. The van der Waals surface area contributed by atoms with Gasteiger partial charge in [0.1, 0.15) is 6.29 Å². The second-order valence-electron chi connectivity index (χ2n) is 8.70. The van der Waals surface area contributed by atoms with Crippen molar-refractivity contribution in [1.82, 2.24) is 0 Å². The second-order valence-corrected chi connectivity index (χ2v) is 8.70. The van der Waals surface area contributed by atoms with Gasteiger partial charge in [0.15, 0.2) is 0 Å². The molecule has 2 aromatic carbocycles. The molecule has 0 N–H and O–H groups in total. The molecule has 0 bridgehead atoms. The quantitative estimate of drug-likeness (QED) is 0.585. The summed E-state index contributed by atoms with van der Waals surface area (Å²) in [5.74, 6) is 0.750. The highest BCUT2D eigenvalue weighted by Crippen LogP contribution is 2.37. The SMILES string of the molecule is N#Cc1ccc(N2CC[C@H](c3ccc(N4CCC(CC=O)CC4)cc3)C2)cc1C(F)(F)F. The van der Waals surface area contributed by atoms with E-state index in [2.05, 4.69) is 29.2 Å². The molecule has 0 saturated carbocycles. The van der Waals surface area contributed by atoms with E-state index in [9.17, 15) is 18.0 Å². The molecule has 2 fully saturated rings. The molecule has 168 valence electrons. The van der Waals surface area contributed by atoms with Crippen molar-refractivity contribution in [2.45, 2.75) is 37.8 Å². The number of anilines is 2. The summed E-state index contributed by atoms with van der Waals surface area (Å²) >= 11 is 0. The minimum Gasteiger partial charge on any atom is -0.372 e. The molecule has 0 aromatic heterocycles. The minimum atomic E-state index is -4.54. The lowest BCUT2D eigenvalue weighted by Gasteiger charge is -2.33. The number of halogens is 3. The number of alkyl halides is 3. The molecule has 2 aliphatic rings. The van der Waals surface area contributed by atoms with Crippen LogP contribution in [0, 0.1) is 17.2 Å². The van der Waals surface area contributed by atoms with E-state index in [1.807, 2.05) is 4.90 Å². The van der Waals surface area contributed by atoms with Crippen molar-refractivity contribution < 1.29 is 18.0 Å². The van der Waals surface area contributed by atoms with Crippen LogP contribution in [-0.4, -0.2) is 32.5 Å².